The Labute approximate surface area is 162 Å². The van der Waals surface area contributed by atoms with Crippen LogP contribution in [0.1, 0.15) is 0 Å². The Kier molecular flexibility index (Phi) is 5.50. The van der Waals surface area contributed by atoms with Crippen molar-refractivity contribution in [2.75, 3.05) is 13.2 Å². The highest BCUT2D eigenvalue weighted by molar-refractivity contribution is 6.32. The van der Waals surface area contributed by atoms with Crippen molar-refractivity contribution in [3.8, 4) is 5.75 Å². The van der Waals surface area contributed by atoms with Crippen LogP contribution in [0.3, 0.4) is 0 Å². The summed E-state index contributed by atoms with van der Waals surface area (Å²) < 4.78 is 27.0. The van der Waals surface area contributed by atoms with Crippen molar-refractivity contribution in [3.05, 3.63) is 56.2 Å². The lowest BCUT2D eigenvalue weighted by molar-refractivity contribution is -0.146. The average Bonchev–Trinajstić information content (AvgIpc) is 3.08. The molecule has 1 aromatic carbocycles. The SMILES string of the molecule is Cn1c(=O)c2c(ncn2CCOC(=O)COc2ccc(F)cc2Cl)n(C)c1=O. The van der Waals surface area contributed by atoms with E-state index in [0.29, 0.717) is 0 Å². The molecule has 0 aliphatic carbocycles. The fraction of sp³-hybridized carbons (Fsp3) is 0.294. The summed E-state index contributed by atoms with van der Waals surface area (Å²) in [4.78, 5) is 40.1. The molecule has 0 N–H and O–H groups in total. The molecule has 2 aromatic heterocycles. The maximum atomic E-state index is 13.0. The minimum atomic E-state index is -0.662. The van der Waals surface area contributed by atoms with Crippen LogP contribution >= 0.6 is 11.6 Å². The number of rotatable bonds is 6. The molecule has 0 fully saturated rings. The van der Waals surface area contributed by atoms with Gasteiger partial charge in [0.25, 0.3) is 5.56 Å². The van der Waals surface area contributed by atoms with Gasteiger partial charge in [0, 0.05) is 14.1 Å². The van der Waals surface area contributed by atoms with Crippen molar-refractivity contribution in [2.24, 2.45) is 14.1 Å². The summed E-state index contributed by atoms with van der Waals surface area (Å²) in [6.45, 7) is -0.296. The minimum absolute atomic E-state index is 0.0409. The van der Waals surface area contributed by atoms with E-state index >= 15 is 0 Å². The first kappa shape index (κ1) is 19.6. The topological polar surface area (TPSA) is 97.3 Å². The summed E-state index contributed by atoms with van der Waals surface area (Å²) in [6, 6.07) is 3.54. The number of carbonyl (C=O) groups excluding carboxylic acids is 1. The quantitative estimate of drug-likeness (QED) is 0.559. The van der Waals surface area contributed by atoms with Crippen LogP contribution in [0.2, 0.25) is 5.02 Å². The van der Waals surface area contributed by atoms with Crippen LogP contribution in [0.4, 0.5) is 4.39 Å². The molecule has 0 radical (unpaired) electrons. The van der Waals surface area contributed by atoms with Gasteiger partial charge in [0.15, 0.2) is 17.8 Å². The summed E-state index contributed by atoms with van der Waals surface area (Å²) in [5.74, 6) is -1.02. The van der Waals surface area contributed by atoms with Crippen LogP contribution in [-0.2, 0) is 30.2 Å². The second-order valence-corrected chi connectivity index (χ2v) is 6.31. The first-order valence-electron chi connectivity index (χ1n) is 8.14. The lowest BCUT2D eigenvalue weighted by Gasteiger charge is -2.09. The van der Waals surface area contributed by atoms with E-state index in [2.05, 4.69) is 4.98 Å². The van der Waals surface area contributed by atoms with Crippen molar-refractivity contribution in [1.29, 1.82) is 0 Å². The van der Waals surface area contributed by atoms with Gasteiger partial charge >= 0.3 is 11.7 Å². The van der Waals surface area contributed by atoms with E-state index < -0.39 is 29.6 Å². The van der Waals surface area contributed by atoms with Crippen LogP contribution in [0.15, 0.2) is 34.1 Å². The molecule has 3 aromatic rings. The number of benzene rings is 1. The highest BCUT2D eigenvalue weighted by atomic mass is 35.5. The van der Waals surface area contributed by atoms with E-state index in [1.165, 1.54) is 35.6 Å². The lowest BCUT2D eigenvalue weighted by Crippen LogP contribution is -2.37. The monoisotopic (exact) mass is 410 g/mol. The van der Waals surface area contributed by atoms with Crippen LogP contribution in [0, 0.1) is 5.82 Å². The Bertz CT molecular complexity index is 1170. The smallest absolute Gasteiger partial charge is 0.344 e. The Morgan fingerprint density at radius 2 is 2.00 bits per heavy atom. The summed E-state index contributed by atoms with van der Waals surface area (Å²) in [5, 5.41) is 0.0409. The highest BCUT2D eigenvalue weighted by Crippen LogP contribution is 2.24. The predicted octanol–water partition coefficient (Wildman–Crippen LogP) is 0.848. The number of esters is 1. The molecule has 0 unspecified atom stereocenters. The van der Waals surface area contributed by atoms with Gasteiger partial charge in [-0.25, -0.2) is 19.0 Å². The molecule has 9 nitrogen and oxygen atoms in total. The van der Waals surface area contributed by atoms with Gasteiger partial charge in [0.2, 0.25) is 0 Å². The Morgan fingerprint density at radius 1 is 1.25 bits per heavy atom. The third kappa shape index (κ3) is 3.77. The molecule has 0 amide bonds. The number of carbonyl (C=O) groups is 1. The number of fused-ring (bicyclic) bond motifs is 1. The molecular formula is C17H16ClFN4O5. The Morgan fingerprint density at radius 3 is 2.71 bits per heavy atom. The minimum Gasteiger partial charge on any atom is -0.480 e. The summed E-state index contributed by atoms with van der Waals surface area (Å²) in [5.41, 5.74) is -0.495. The maximum absolute atomic E-state index is 13.0. The first-order valence-corrected chi connectivity index (χ1v) is 8.51. The number of ether oxygens (including phenoxy) is 2. The number of aromatic nitrogens is 4. The zero-order chi connectivity index (χ0) is 20.4. The zero-order valence-electron chi connectivity index (χ0n) is 15.0. The van der Waals surface area contributed by atoms with Crippen molar-refractivity contribution < 1.29 is 18.7 Å². The third-order valence-corrected chi connectivity index (χ3v) is 4.35. The molecule has 0 bridgehead atoms. The normalized spacial score (nSPS) is 11.0. The predicted molar refractivity (Wildman–Crippen MR) is 98.1 cm³/mol. The second kappa shape index (κ2) is 7.85. The number of halogens is 2. The molecule has 0 saturated carbocycles. The molecule has 0 aliphatic rings. The van der Waals surface area contributed by atoms with Crippen molar-refractivity contribution in [1.82, 2.24) is 18.7 Å². The molecular weight excluding hydrogens is 395 g/mol. The summed E-state index contributed by atoms with van der Waals surface area (Å²) >= 11 is 5.81. The number of hydrogen-bond acceptors (Lipinski definition) is 6. The number of hydrogen-bond donors (Lipinski definition) is 0. The van der Waals surface area contributed by atoms with Crippen molar-refractivity contribution in [2.45, 2.75) is 6.54 Å². The molecule has 0 atom stereocenters. The van der Waals surface area contributed by atoms with E-state index in [4.69, 9.17) is 21.1 Å². The molecule has 11 heteroatoms. The molecule has 0 spiro atoms. The van der Waals surface area contributed by atoms with Gasteiger partial charge < -0.3 is 14.0 Å². The van der Waals surface area contributed by atoms with Gasteiger partial charge in [-0.2, -0.15) is 0 Å². The molecule has 148 valence electrons. The van der Waals surface area contributed by atoms with Crippen LogP contribution < -0.4 is 16.0 Å². The van der Waals surface area contributed by atoms with Gasteiger partial charge in [0.05, 0.1) is 17.9 Å². The van der Waals surface area contributed by atoms with Gasteiger partial charge in [0.1, 0.15) is 18.2 Å². The van der Waals surface area contributed by atoms with Crippen LogP contribution in [-0.4, -0.2) is 37.9 Å². The van der Waals surface area contributed by atoms with E-state index in [9.17, 15) is 18.8 Å². The van der Waals surface area contributed by atoms with E-state index in [0.717, 1.165) is 16.7 Å². The largest absolute Gasteiger partial charge is 0.480 e. The number of nitrogens with zero attached hydrogens (tertiary/aromatic N) is 4. The van der Waals surface area contributed by atoms with Gasteiger partial charge in [-0.05, 0) is 18.2 Å². The van der Waals surface area contributed by atoms with Gasteiger partial charge in [-0.1, -0.05) is 11.6 Å². The number of imidazole rings is 1. The zero-order valence-corrected chi connectivity index (χ0v) is 15.8. The second-order valence-electron chi connectivity index (χ2n) is 5.90. The fourth-order valence-electron chi connectivity index (χ4n) is 2.59. The number of aryl methyl sites for hydroxylation is 1. The third-order valence-electron chi connectivity index (χ3n) is 4.05. The van der Waals surface area contributed by atoms with Gasteiger partial charge in [-0.15, -0.1) is 0 Å². The molecule has 0 saturated heterocycles. The summed E-state index contributed by atoms with van der Waals surface area (Å²) in [7, 11) is 2.89. The lowest BCUT2D eigenvalue weighted by atomic mass is 10.3. The summed E-state index contributed by atoms with van der Waals surface area (Å²) in [6.07, 6.45) is 1.40. The fourth-order valence-corrected chi connectivity index (χ4v) is 2.82. The molecule has 28 heavy (non-hydrogen) atoms. The van der Waals surface area contributed by atoms with Crippen molar-refractivity contribution in [3.63, 3.8) is 0 Å². The standard InChI is InChI=1S/C17H16ClFN4O5/c1-21-15-14(16(25)22(2)17(21)26)23(9-20-15)5-6-27-13(24)8-28-12-4-3-10(19)7-11(12)18/h3-4,7,9H,5-6,8H2,1-2H3. The van der Waals surface area contributed by atoms with Crippen LogP contribution in [0.25, 0.3) is 11.2 Å². The van der Waals surface area contributed by atoms with Gasteiger partial charge in [-0.3, -0.25) is 13.9 Å². The van der Waals surface area contributed by atoms with E-state index in [1.807, 2.05) is 0 Å². The maximum Gasteiger partial charge on any atom is 0.344 e. The molecule has 0 aliphatic heterocycles. The Balaban J connectivity index is 1.61. The average molecular weight is 411 g/mol. The molecule has 2 heterocycles. The van der Waals surface area contributed by atoms with E-state index in [1.54, 1.807) is 0 Å². The highest BCUT2D eigenvalue weighted by Gasteiger charge is 2.14. The van der Waals surface area contributed by atoms with Crippen molar-refractivity contribution >= 4 is 28.7 Å². The molecule has 3 rings (SSSR count). The van der Waals surface area contributed by atoms with Crippen LogP contribution in [0.5, 0.6) is 5.75 Å². The Hall–Kier alpha value is -3.14. The van der Waals surface area contributed by atoms with E-state index in [-0.39, 0.29) is 35.1 Å². The first-order chi connectivity index (χ1) is 13.3.